The monoisotopic (exact) mass is 267 g/mol. The van der Waals surface area contributed by atoms with E-state index in [-0.39, 0.29) is 17.9 Å². The number of rotatable bonds is 3. The van der Waals surface area contributed by atoms with Crippen LogP contribution < -0.4 is 11.1 Å². The van der Waals surface area contributed by atoms with Gasteiger partial charge in [-0.3, -0.25) is 4.79 Å². The molecule has 1 aliphatic carbocycles. The molecule has 4 unspecified atom stereocenters. The van der Waals surface area contributed by atoms with Crippen molar-refractivity contribution in [3.63, 3.8) is 0 Å². The van der Waals surface area contributed by atoms with Gasteiger partial charge in [-0.2, -0.15) is 0 Å². The summed E-state index contributed by atoms with van der Waals surface area (Å²) in [6.45, 7) is 7.65. The van der Waals surface area contributed by atoms with Gasteiger partial charge in [0, 0.05) is 24.5 Å². The van der Waals surface area contributed by atoms with E-state index in [0.29, 0.717) is 12.0 Å². The summed E-state index contributed by atoms with van der Waals surface area (Å²) in [7, 11) is 0. The van der Waals surface area contributed by atoms with Gasteiger partial charge in [-0.05, 0) is 51.1 Å². The van der Waals surface area contributed by atoms with Crippen LogP contribution >= 0.6 is 0 Å². The molecule has 2 fully saturated rings. The highest BCUT2D eigenvalue weighted by Gasteiger charge is 2.31. The molecule has 0 spiro atoms. The molecule has 19 heavy (non-hydrogen) atoms. The van der Waals surface area contributed by atoms with Crippen LogP contribution in [0.3, 0.4) is 0 Å². The van der Waals surface area contributed by atoms with Crippen LogP contribution in [0, 0.1) is 11.8 Å². The minimum Gasteiger partial charge on any atom is -0.352 e. The molecule has 1 amide bonds. The Balaban J connectivity index is 1.80. The molecule has 110 valence electrons. The van der Waals surface area contributed by atoms with Crippen LogP contribution in [-0.4, -0.2) is 42.5 Å². The van der Waals surface area contributed by atoms with E-state index >= 15 is 0 Å². The van der Waals surface area contributed by atoms with Crippen LogP contribution in [0.25, 0.3) is 0 Å². The van der Waals surface area contributed by atoms with E-state index in [1.807, 2.05) is 0 Å². The van der Waals surface area contributed by atoms with E-state index in [2.05, 4.69) is 24.1 Å². The Labute approximate surface area is 117 Å². The largest absolute Gasteiger partial charge is 0.352 e. The maximum absolute atomic E-state index is 12.3. The molecule has 1 saturated carbocycles. The summed E-state index contributed by atoms with van der Waals surface area (Å²) >= 11 is 0. The molecule has 0 bridgehead atoms. The number of hydrogen-bond donors (Lipinski definition) is 2. The van der Waals surface area contributed by atoms with Crippen LogP contribution in [0.1, 0.15) is 46.0 Å². The second-order valence-corrected chi connectivity index (χ2v) is 6.39. The average molecular weight is 267 g/mol. The third-order valence-electron chi connectivity index (χ3n) is 4.93. The molecule has 0 radical (unpaired) electrons. The molecule has 2 aliphatic rings. The predicted octanol–water partition coefficient (Wildman–Crippen LogP) is 1.35. The molecule has 1 heterocycles. The third kappa shape index (κ3) is 3.93. The molecule has 0 aromatic carbocycles. The molecule has 4 nitrogen and oxygen atoms in total. The molecule has 3 N–H and O–H groups in total. The van der Waals surface area contributed by atoms with Gasteiger partial charge in [0.25, 0.3) is 0 Å². The number of carbonyl (C=O) groups is 1. The van der Waals surface area contributed by atoms with Gasteiger partial charge in [-0.25, -0.2) is 0 Å². The Morgan fingerprint density at radius 3 is 2.84 bits per heavy atom. The lowest BCUT2D eigenvalue weighted by atomic mass is 9.79. The zero-order valence-corrected chi connectivity index (χ0v) is 12.4. The summed E-state index contributed by atoms with van der Waals surface area (Å²) in [5.74, 6) is 0.947. The smallest absolute Gasteiger partial charge is 0.223 e. The Morgan fingerprint density at radius 1 is 1.37 bits per heavy atom. The Kier molecular flexibility index (Phi) is 5.22. The van der Waals surface area contributed by atoms with Gasteiger partial charge in [0.2, 0.25) is 5.91 Å². The number of nitrogens with zero attached hydrogens (tertiary/aromatic N) is 1. The van der Waals surface area contributed by atoms with Gasteiger partial charge in [0.05, 0.1) is 0 Å². The van der Waals surface area contributed by atoms with Gasteiger partial charge in [0.15, 0.2) is 0 Å². The maximum atomic E-state index is 12.3. The van der Waals surface area contributed by atoms with Gasteiger partial charge in [0.1, 0.15) is 0 Å². The van der Waals surface area contributed by atoms with Crippen LogP contribution in [-0.2, 0) is 4.79 Å². The SMILES string of the molecule is CCN1CCCC(NC(=O)C2CCC(C)C(N)C2)C1. The van der Waals surface area contributed by atoms with Crippen molar-refractivity contribution in [3.8, 4) is 0 Å². The van der Waals surface area contributed by atoms with Gasteiger partial charge < -0.3 is 16.0 Å². The highest BCUT2D eigenvalue weighted by molar-refractivity contribution is 5.79. The summed E-state index contributed by atoms with van der Waals surface area (Å²) in [6.07, 6.45) is 5.27. The van der Waals surface area contributed by atoms with E-state index in [0.717, 1.165) is 38.8 Å². The van der Waals surface area contributed by atoms with E-state index < -0.39 is 0 Å². The Morgan fingerprint density at radius 2 is 2.16 bits per heavy atom. The number of likely N-dealkylation sites (tertiary alicyclic amines) is 1. The minimum atomic E-state index is 0.142. The van der Waals surface area contributed by atoms with Crippen molar-refractivity contribution in [1.29, 1.82) is 0 Å². The number of amides is 1. The lowest BCUT2D eigenvalue weighted by Gasteiger charge is -2.35. The first-order chi connectivity index (χ1) is 9.10. The van der Waals surface area contributed by atoms with Crippen molar-refractivity contribution in [1.82, 2.24) is 10.2 Å². The van der Waals surface area contributed by atoms with E-state index in [1.54, 1.807) is 0 Å². The third-order valence-corrected chi connectivity index (χ3v) is 4.93. The fraction of sp³-hybridized carbons (Fsp3) is 0.933. The number of hydrogen-bond acceptors (Lipinski definition) is 3. The number of nitrogens with two attached hydrogens (primary N) is 1. The molecule has 4 atom stereocenters. The number of nitrogens with one attached hydrogen (secondary N) is 1. The first-order valence-electron chi connectivity index (χ1n) is 7.88. The summed E-state index contributed by atoms with van der Waals surface area (Å²) in [6, 6.07) is 0.541. The van der Waals surface area contributed by atoms with Crippen LogP contribution in [0.2, 0.25) is 0 Å². The second-order valence-electron chi connectivity index (χ2n) is 6.39. The van der Waals surface area contributed by atoms with Crippen molar-refractivity contribution in [2.75, 3.05) is 19.6 Å². The number of likely N-dealkylation sites (N-methyl/N-ethyl adjacent to an activating group) is 1. The van der Waals surface area contributed by atoms with Crippen molar-refractivity contribution < 1.29 is 4.79 Å². The lowest BCUT2D eigenvalue weighted by Crippen LogP contribution is -2.50. The zero-order valence-electron chi connectivity index (χ0n) is 12.4. The molecule has 1 aliphatic heterocycles. The van der Waals surface area contributed by atoms with E-state index in [9.17, 15) is 4.79 Å². The van der Waals surface area contributed by atoms with Crippen molar-refractivity contribution in [3.05, 3.63) is 0 Å². The normalized spacial score (nSPS) is 37.0. The predicted molar refractivity (Wildman–Crippen MR) is 77.8 cm³/mol. The topological polar surface area (TPSA) is 58.4 Å². The zero-order chi connectivity index (χ0) is 13.8. The summed E-state index contributed by atoms with van der Waals surface area (Å²) in [5, 5.41) is 3.25. The first-order valence-corrected chi connectivity index (χ1v) is 7.88. The van der Waals surface area contributed by atoms with Crippen LogP contribution in [0.4, 0.5) is 0 Å². The van der Waals surface area contributed by atoms with E-state index in [1.165, 1.54) is 13.0 Å². The summed E-state index contributed by atoms with van der Waals surface area (Å²) in [4.78, 5) is 14.7. The quantitative estimate of drug-likeness (QED) is 0.811. The highest BCUT2D eigenvalue weighted by Crippen LogP contribution is 2.28. The molecule has 2 rings (SSSR count). The minimum absolute atomic E-state index is 0.142. The number of piperidine rings is 1. The standard InChI is InChI=1S/C15H29N3O/c1-3-18-8-4-5-13(10-18)17-15(19)12-7-6-11(2)14(16)9-12/h11-14H,3-10,16H2,1-2H3,(H,17,19). The molecule has 0 aromatic rings. The fourth-order valence-electron chi connectivity index (χ4n) is 3.37. The summed E-state index contributed by atoms with van der Waals surface area (Å²) < 4.78 is 0. The fourth-order valence-corrected chi connectivity index (χ4v) is 3.37. The van der Waals surface area contributed by atoms with Crippen LogP contribution in [0.5, 0.6) is 0 Å². The summed E-state index contributed by atoms with van der Waals surface area (Å²) in [5.41, 5.74) is 6.09. The van der Waals surface area contributed by atoms with Crippen LogP contribution in [0.15, 0.2) is 0 Å². The second kappa shape index (κ2) is 6.71. The Bertz CT molecular complexity index is 308. The molecule has 1 saturated heterocycles. The van der Waals surface area contributed by atoms with Crippen molar-refractivity contribution in [2.45, 2.75) is 58.0 Å². The lowest BCUT2D eigenvalue weighted by molar-refractivity contribution is -0.127. The highest BCUT2D eigenvalue weighted by atomic mass is 16.1. The molecule has 4 heteroatoms. The molecule has 0 aromatic heterocycles. The Hall–Kier alpha value is -0.610. The molecular formula is C15H29N3O. The molecular weight excluding hydrogens is 238 g/mol. The van der Waals surface area contributed by atoms with Crippen molar-refractivity contribution in [2.24, 2.45) is 17.6 Å². The van der Waals surface area contributed by atoms with Gasteiger partial charge in [-0.1, -0.05) is 13.8 Å². The average Bonchev–Trinajstić information content (AvgIpc) is 2.42. The maximum Gasteiger partial charge on any atom is 0.223 e. The first kappa shape index (κ1) is 14.8. The van der Waals surface area contributed by atoms with Crippen molar-refractivity contribution >= 4 is 5.91 Å². The van der Waals surface area contributed by atoms with Gasteiger partial charge >= 0.3 is 0 Å². The van der Waals surface area contributed by atoms with E-state index in [4.69, 9.17) is 5.73 Å². The van der Waals surface area contributed by atoms with Gasteiger partial charge in [-0.15, -0.1) is 0 Å². The number of carbonyl (C=O) groups excluding carboxylic acids is 1.